The van der Waals surface area contributed by atoms with E-state index in [-0.39, 0.29) is 0 Å². The minimum atomic E-state index is 1.06. The molecule has 0 saturated carbocycles. The van der Waals surface area contributed by atoms with E-state index in [1.807, 2.05) is 0 Å². The molecule has 0 rings (SSSR count). The van der Waals surface area contributed by atoms with Gasteiger partial charge in [-0.2, -0.15) is 0 Å². The minimum Gasteiger partial charge on any atom is -0.389 e. The first kappa shape index (κ1) is 14.3. The Balaban J connectivity index is 3.19. The largest absolute Gasteiger partial charge is 0.389 e. The predicted octanol–water partition coefficient (Wildman–Crippen LogP) is 4.42. The van der Waals surface area contributed by atoms with Crippen molar-refractivity contribution in [3.8, 4) is 0 Å². The Hall–Kier alpha value is -0.720. The summed E-state index contributed by atoms with van der Waals surface area (Å²) in [5.41, 5.74) is 1.20. The Morgan fingerprint density at radius 3 is 2.47 bits per heavy atom. The molecule has 0 aliphatic carbocycles. The molecule has 0 bridgehead atoms. The summed E-state index contributed by atoms with van der Waals surface area (Å²) < 4.78 is 0. The molecule has 15 heavy (non-hydrogen) atoms. The van der Waals surface area contributed by atoms with E-state index in [0.717, 1.165) is 13.0 Å². The third kappa shape index (κ3) is 11.2. The highest BCUT2D eigenvalue weighted by Gasteiger charge is 1.92. The van der Waals surface area contributed by atoms with Crippen molar-refractivity contribution in [3.05, 3.63) is 24.4 Å². The molecule has 0 aromatic carbocycles. The molecule has 0 saturated heterocycles. The van der Waals surface area contributed by atoms with Crippen molar-refractivity contribution in [3.63, 3.8) is 0 Å². The van der Waals surface area contributed by atoms with Crippen molar-refractivity contribution in [1.29, 1.82) is 0 Å². The SMILES string of the molecule is C=C(CCCC/C=C/CCC)NCCC. The number of nitrogens with one attached hydrogen (secondary N) is 1. The number of allylic oxidation sites excluding steroid dienone is 3. The van der Waals surface area contributed by atoms with Gasteiger partial charge in [-0.05, 0) is 38.5 Å². The van der Waals surface area contributed by atoms with Gasteiger partial charge < -0.3 is 5.32 Å². The fourth-order valence-corrected chi connectivity index (χ4v) is 1.39. The zero-order valence-corrected chi connectivity index (χ0v) is 10.5. The molecule has 88 valence electrons. The molecule has 0 aromatic heterocycles. The number of hydrogen-bond donors (Lipinski definition) is 1. The van der Waals surface area contributed by atoms with E-state index in [0.29, 0.717) is 0 Å². The molecule has 0 aliphatic rings. The Bertz CT molecular complexity index is 170. The molecule has 0 radical (unpaired) electrons. The molecule has 1 N–H and O–H groups in total. The molecular weight excluding hydrogens is 182 g/mol. The quantitative estimate of drug-likeness (QED) is 0.415. The van der Waals surface area contributed by atoms with E-state index in [1.165, 1.54) is 44.2 Å². The highest BCUT2D eigenvalue weighted by Crippen LogP contribution is 2.06. The molecule has 0 unspecified atom stereocenters. The summed E-state index contributed by atoms with van der Waals surface area (Å²) in [6.07, 6.45) is 13.2. The Kier molecular flexibility index (Phi) is 10.8. The summed E-state index contributed by atoms with van der Waals surface area (Å²) in [5, 5.41) is 3.33. The molecule has 0 fully saturated rings. The van der Waals surface area contributed by atoms with Crippen molar-refractivity contribution in [2.45, 2.75) is 58.8 Å². The van der Waals surface area contributed by atoms with Gasteiger partial charge in [0.1, 0.15) is 0 Å². The highest BCUT2D eigenvalue weighted by molar-refractivity contribution is 4.90. The number of rotatable bonds is 10. The van der Waals surface area contributed by atoms with Crippen LogP contribution >= 0.6 is 0 Å². The smallest absolute Gasteiger partial charge is 0.0141 e. The topological polar surface area (TPSA) is 12.0 Å². The van der Waals surface area contributed by atoms with E-state index >= 15 is 0 Å². The molecule has 1 nitrogen and oxygen atoms in total. The fraction of sp³-hybridized carbons (Fsp3) is 0.714. The van der Waals surface area contributed by atoms with Crippen molar-refractivity contribution in [1.82, 2.24) is 5.32 Å². The summed E-state index contributed by atoms with van der Waals surface area (Å²) in [6, 6.07) is 0. The van der Waals surface area contributed by atoms with Crippen molar-refractivity contribution >= 4 is 0 Å². The van der Waals surface area contributed by atoms with Gasteiger partial charge in [0, 0.05) is 12.2 Å². The predicted molar refractivity (Wildman–Crippen MR) is 69.9 cm³/mol. The van der Waals surface area contributed by atoms with Crippen LogP contribution in [0.5, 0.6) is 0 Å². The first-order valence-electron chi connectivity index (χ1n) is 6.37. The fourth-order valence-electron chi connectivity index (χ4n) is 1.39. The van der Waals surface area contributed by atoms with E-state index in [9.17, 15) is 0 Å². The molecule has 0 spiro atoms. The van der Waals surface area contributed by atoms with Crippen LogP contribution in [0.15, 0.2) is 24.4 Å². The van der Waals surface area contributed by atoms with Crippen LogP contribution in [-0.4, -0.2) is 6.54 Å². The van der Waals surface area contributed by atoms with Crippen LogP contribution in [0.25, 0.3) is 0 Å². The normalized spacial score (nSPS) is 10.8. The van der Waals surface area contributed by atoms with Crippen LogP contribution in [0.1, 0.15) is 58.8 Å². The first-order chi connectivity index (χ1) is 7.31. The van der Waals surface area contributed by atoms with Gasteiger partial charge in [-0.15, -0.1) is 0 Å². The zero-order valence-electron chi connectivity index (χ0n) is 10.5. The standard InChI is InChI=1S/C14H27N/c1-4-6-7-8-9-10-11-12-14(3)15-13-5-2/h7-8,15H,3-6,9-13H2,1-2H3/b8-7+. The van der Waals surface area contributed by atoms with Crippen LogP contribution in [0.2, 0.25) is 0 Å². The molecule has 0 aromatic rings. The second-order valence-electron chi connectivity index (χ2n) is 4.04. The molecule has 0 amide bonds. The average Bonchev–Trinajstić information content (AvgIpc) is 2.25. The second kappa shape index (κ2) is 11.4. The maximum absolute atomic E-state index is 4.01. The minimum absolute atomic E-state index is 1.06. The van der Waals surface area contributed by atoms with Gasteiger partial charge in [-0.3, -0.25) is 0 Å². The van der Waals surface area contributed by atoms with Crippen molar-refractivity contribution in [2.75, 3.05) is 6.54 Å². The zero-order chi connectivity index (χ0) is 11.4. The summed E-state index contributed by atoms with van der Waals surface area (Å²) in [7, 11) is 0. The molecule has 0 aliphatic heterocycles. The highest BCUT2D eigenvalue weighted by atomic mass is 14.9. The monoisotopic (exact) mass is 209 g/mol. The van der Waals surface area contributed by atoms with E-state index in [1.54, 1.807) is 0 Å². The van der Waals surface area contributed by atoms with Gasteiger partial charge in [-0.25, -0.2) is 0 Å². The van der Waals surface area contributed by atoms with Gasteiger partial charge in [-0.1, -0.05) is 39.0 Å². The average molecular weight is 209 g/mol. The van der Waals surface area contributed by atoms with Gasteiger partial charge >= 0.3 is 0 Å². The molecular formula is C14H27N. The van der Waals surface area contributed by atoms with E-state index in [2.05, 4.69) is 37.9 Å². The number of unbranched alkanes of at least 4 members (excludes halogenated alkanes) is 3. The number of hydrogen-bond acceptors (Lipinski definition) is 1. The Morgan fingerprint density at radius 1 is 1.07 bits per heavy atom. The lowest BCUT2D eigenvalue weighted by molar-refractivity contribution is 0.675. The van der Waals surface area contributed by atoms with Gasteiger partial charge in [0.05, 0.1) is 0 Å². The summed E-state index contributed by atoms with van der Waals surface area (Å²) in [5.74, 6) is 0. The summed E-state index contributed by atoms with van der Waals surface area (Å²) in [6.45, 7) is 9.47. The van der Waals surface area contributed by atoms with Crippen LogP contribution in [-0.2, 0) is 0 Å². The maximum Gasteiger partial charge on any atom is 0.0141 e. The van der Waals surface area contributed by atoms with E-state index < -0.39 is 0 Å². The van der Waals surface area contributed by atoms with Crippen LogP contribution in [0.4, 0.5) is 0 Å². The lowest BCUT2D eigenvalue weighted by Gasteiger charge is -2.07. The third-order valence-electron chi connectivity index (χ3n) is 2.35. The first-order valence-corrected chi connectivity index (χ1v) is 6.37. The Morgan fingerprint density at radius 2 is 1.80 bits per heavy atom. The van der Waals surface area contributed by atoms with Crippen LogP contribution < -0.4 is 5.32 Å². The van der Waals surface area contributed by atoms with Gasteiger partial charge in [0.25, 0.3) is 0 Å². The van der Waals surface area contributed by atoms with Crippen molar-refractivity contribution in [2.24, 2.45) is 0 Å². The molecule has 1 heteroatoms. The molecule has 0 atom stereocenters. The third-order valence-corrected chi connectivity index (χ3v) is 2.35. The van der Waals surface area contributed by atoms with Gasteiger partial charge in [0.15, 0.2) is 0 Å². The lowest BCUT2D eigenvalue weighted by Crippen LogP contribution is -2.12. The second-order valence-corrected chi connectivity index (χ2v) is 4.04. The lowest BCUT2D eigenvalue weighted by atomic mass is 10.1. The maximum atomic E-state index is 4.01. The molecule has 0 heterocycles. The van der Waals surface area contributed by atoms with Crippen LogP contribution in [0.3, 0.4) is 0 Å². The van der Waals surface area contributed by atoms with E-state index in [4.69, 9.17) is 0 Å². The summed E-state index contributed by atoms with van der Waals surface area (Å²) >= 11 is 0. The summed E-state index contributed by atoms with van der Waals surface area (Å²) in [4.78, 5) is 0. The van der Waals surface area contributed by atoms with Crippen molar-refractivity contribution < 1.29 is 0 Å². The van der Waals surface area contributed by atoms with Gasteiger partial charge in [0.2, 0.25) is 0 Å². The van der Waals surface area contributed by atoms with Crippen LogP contribution in [0, 0.1) is 0 Å². The Labute approximate surface area is 95.7 Å².